The van der Waals surface area contributed by atoms with Crippen LogP contribution in [0.4, 0.5) is 11.4 Å². The fraction of sp³-hybridized carbons (Fsp3) is 0.333. The Balaban J connectivity index is 1.40. The molecule has 148 valence electrons. The molecule has 28 heavy (non-hydrogen) atoms. The molecular formula is C21H27N5O2. The van der Waals surface area contributed by atoms with E-state index in [1.54, 1.807) is 7.11 Å². The molecule has 0 atom stereocenters. The minimum Gasteiger partial charge on any atom is -0.497 e. The third-order valence-electron chi connectivity index (χ3n) is 4.72. The van der Waals surface area contributed by atoms with Crippen molar-refractivity contribution in [2.45, 2.75) is 6.42 Å². The Morgan fingerprint density at radius 3 is 2.39 bits per heavy atom. The SMILES string of the molecule is COc1ccc(NC(N)=NCCC(=O)N2CCN(c3ccccc3)CC2)cc1. The number of piperazine rings is 1. The predicted molar refractivity (Wildman–Crippen MR) is 113 cm³/mol. The highest BCUT2D eigenvalue weighted by atomic mass is 16.5. The summed E-state index contributed by atoms with van der Waals surface area (Å²) in [7, 11) is 1.62. The third-order valence-corrected chi connectivity index (χ3v) is 4.72. The topological polar surface area (TPSA) is 83.2 Å². The first-order valence-corrected chi connectivity index (χ1v) is 9.44. The van der Waals surface area contributed by atoms with E-state index in [2.05, 4.69) is 27.3 Å². The lowest BCUT2D eigenvalue weighted by atomic mass is 10.2. The summed E-state index contributed by atoms with van der Waals surface area (Å²) in [6.07, 6.45) is 0.357. The average Bonchev–Trinajstić information content (AvgIpc) is 2.75. The summed E-state index contributed by atoms with van der Waals surface area (Å²) >= 11 is 0. The van der Waals surface area contributed by atoms with E-state index in [0.717, 1.165) is 37.6 Å². The minimum atomic E-state index is 0.119. The lowest BCUT2D eigenvalue weighted by Gasteiger charge is -2.36. The maximum Gasteiger partial charge on any atom is 0.224 e. The van der Waals surface area contributed by atoms with Crippen LogP contribution in [0.3, 0.4) is 0 Å². The summed E-state index contributed by atoms with van der Waals surface area (Å²) < 4.78 is 5.12. The average molecular weight is 381 g/mol. The summed E-state index contributed by atoms with van der Waals surface area (Å²) in [4.78, 5) is 20.9. The highest BCUT2D eigenvalue weighted by Crippen LogP contribution is 2.16. The first-order chi connectivity index (χ1) is 13.7. The smallest absolute Gasteiger partial charge is 0.224 e. The Morgan fingerprint density at radius 1 is 1.07 bits per heavy atom. The molecule has 2 aromatic carbocycles. The molecule has 0 aromatic heterocycles. The van der Waals surface area contributed by atoms with Crippen molar-refractivity contribution in [2.75, 3.05) is 50.1 Å². The van der Waals surface area contributed by atoms with E-state index in [9.17, 15) is 4.79 Å². The summed E-state index contributed by atoms with van der Waals surface area (Å²) in [5.74, 6) is 1.19. The largest absolute Gasteiger partial charge is 0.497 e. The molecule has 1 amide bonds. The second-order valence-electron chi connectivity index (χ2n) is 6.57. The standard InChI is InChI=1S/C21H27N5O2/c1-28-19-9-7-17(8-10-19)24-21(22)23-12-11-20(27)26-15-13-25(14-16-26)18-5-3-2-4-6-18/h2-10H,11-16H2,1H3,(H3,22,23,24). The summed E-state index contributed by atoms with van der Waals surface area (Å²) in [6, 6.07) is 17.7. The van der Waals surface area contributed by atoms with E-state index in [1.807, 2.05) is 47.4 Å². The van der Waals surface area contributed by atoms with Crippen LogP contribution in [0.15, 0.2) is 59.6 Å². The van der Waals surface area contributed by atoms with E-state index < -0.39 is 0 Å². The molecule has 7 nitrogen and oxygen atoms in total. The number of nitrogens with two attached hydrogens (primary N) is 1. The quantitative estimate of drug-likeness (QED) is 0.592. The van der Waals surface area contributed by atoms with Crippen LogP contribution >= 0.6 is 0 Å². The maximum atomic E-state index is 12.4. The third kappa shape index (κ3) is 5.39. The number of para-hydroxylation sites is 1. The number of hydrogen-bond donors (Lipinski definition) is 2. The normalized spacial score (nSPS) is 14.7. The van der Waals surface area contributed by atoms with Gasteiger partial charge in [0.2, 0.25) is 5.91 Å². The zero-order valence-corrected chi connectivity index (χ0v) is 16.2. The van der Waals surface area contributed by atoms with Gasteiger partial charge in [-0.25, -0.2) is 0 Å². The number of anilines is 2. The number of guanidine groups is 1. The summed E-state index contributed by atoms with van der Waals surface area (Å²) in [5, 5.41) is 3.01. The van der Waals surface area contributed by atoms with Gasteiger partial charge < -0.3 is 25.6 Å². The van der Waals surface area contributed by atoms with Crippen LogP contribution in [0, 0.1) is 0 Å². The van der Waals surface area contributed by atoms with Gasteiger partial charge in [-0.3, -0.25) is 9.79 Å². The Morgan fingerprint density at radius 2 is 1.75 bits per heavy atom. The van der Waals surface area contributed by atoms with Crippen molar-refractivity contribution in [2.24, 2.45) is 10.7 Å². The van der Waals surface area contributed by atoms with Crippen LogP contribution in [-0.4, -0.2) is 56.6 Å². The molecule has 3 N–H and O–H groups in total. The number of rotatable bonds is 6. The number of benzene rings is 2. The number of aliphatic imine (C=N–C) groups is 1. The zero-order chi connectivity index (χ0) is 19.8. The Hall–Kier alpha value is -3.22. The molecular weight excluding hydrogens is 354 g/mol. The van der Waals surface area contributed by atoms with Crippen molar-refractivity contribution in [1.82, 2.24) is 4.90 Å². The van der Waals surface area contributed by atoms with Crippen molar-refractivity contribution in [3.8, 4) is 5.75 Å². The summed E-state index contributed by atoms with van der Waals surface area (Å²) in [5.41, 5.74) is 7.93. The highest BCUT2D eigenvalue weighted by Gasteiger charge is 2.20. The highest BCUT2D eigenvalue weighted by molar-refractivity contribution is 5.92. The summed E-state index contributed by atoms with van der Waals surface area (Å²) in [6.45, 7) is 3.53. The molecule has 3 rings (SSSR count). The molecule has 0 radical (unpaired) electrons. The second kappa shape index (κ2) is 9.64. The number of carbonyl (C=O) groups is 1. The van der Waals surface area contributed by atoms with Gasteiger partial charge in [0.15, 0.2) is 5.96 Å². The van der Waals surface area contributed by atoms with Gasteiger partial charge in [0, 0.05) is 44.0 Å². The van der Waals surface area contributed by atoms with Crippen molar-refractivity contribution >= 4 is 23.2 Å². The molecule has 0 saturated carbocycles. The van der Waals surface area contributed by atoms with Crippen molar-refractivity contribution in [3.63, 3.8) is 0 Å². The Bertz CT molecular complexity index is 784. The van der Waals surface area contributed by atoms with E-state index in [4.69, 9.17) is 10.5 Å². The fourth-order valence-corrected chi connectivity index (χ4v) is 3.14. The molecule has 0 spiro atoms. The molecule has 7 heteroatoms. The van der Waals surface area contributed by atoms with E-state index in [-0.39, 0.29) is 5.91 Å². The van der Waals surface area contributed by atoms with Crippen molar-refractivity contribution in [3.05, 3.63) is 54.6 Å². The molecule has 1 heterocycles. The maximum absolute atomic E-state index is 12.4. The number of ether oxygens (including phenoxy) is 1. The van der Waals surface area contributed by atoms with E-state index in [1.165, 1.54) is 5.69 Å². The van der Waals surface area contributed by atoms with Gasteiger partial charge in [0.1, 0.15) is 5.75 Å². The predicted octanol–water partition coefficient (Wildman–Crippen LogP) is 2.16. The fourth-order valence-electron chi connectivity index (χ4n) is 3.14. The number of hydrogen-bond acceptors (Lipinski definition) is 4. The Labute approximate surface area is 165 Å². The molecule has 1 aliphatic rings. The molecule has 1 fully saturated rings. The van der Waals surface area contributed by atoms with E-state index in [0.29, 0.717) is 18.9 Å². The molecule has 1 aliphatic heterocycles. The number of amides is 1. The first-order valence-electron chi connectivity index (χ1n) is 9.44. The molecule has 0 unspecified atom stereocenters. The molecule has 0 bridgehead atoms. The van der Waals surface area contributed by atoms with Crippen LogP contribution in [0.5, 0.6) is 5.75 Å². The lowest BCUT2D eigenvalue weighted by Crippen LogP contribution is -2.48. The van der Waals surface area contributed by atoms with Gasteiger partial charge in [-0.15, -0.1) is 0 Å². The number of methoxy groups -OCH3 is 1. The van der Waals surface area contributed by atoms with Crippen LogP contribution in [-0.2, 0) is 4.79 Å². The number of carbonyl (C=O) groups excluding carboxylic acids is 1. The molecule has 1 saturated heterocycles. The van der Waals surface area contributed by atoms with Gasteiger partial charge in [-0.1, -0.05) is 18.2 Å². The van der Waals surface area contributed by atoms with Gasteiger partial charge in [-0.2, -0.15) is 0 Å². The van der Waals surface area contributed by atoms with Gasteiger partial charge in [0.25, 0.3) is 0 Å². The Kier molecular flexibility index (Phi) is 6.73. The van der Waals surface area contributed by atoms with Crippen molar-refractivity contribution in [1.29, 1.82) is 0 Å². The number of nitrogens with zero attached hydrogens (tertiary/aromatic N) is 3. The number of nitrogens with one attached hydrogen (secondary N) is 1. The minimum absolute atomic E-state index is 0.119. The molecule has 0 aliphatic carbocycles. The zero-order valence-electron chi connectivity index (χ0n) is 16.2. The van der Waals surface area contributed by atoms with Crippen LogP contribution in [0.2, 0.25) is 0 Å². The van der Waals surface area contributed by atoms with Crippen LogP contribution in [0.1, 0.15) is 6.42 Å². The van der Waals surface area contributed by atoms with Crippen LogP contribution < -0.4 is 20.7 Å². The first kappa shape index (κ1) is 19.5. The molecule has 2 aromatic rings. The second-order valence-corrected chi connectivity index (χ2v) is 6.57. The monoisotopic (exact) mass is 381 g/mol. The lowest BCUT2D eigenvalue weighted by molar-refractivity contribution is -0.131. The van der Waals surface area contributed by atoms with E-state index >= 15 is 0 Å². The van der Waals surface area contributed by atoms with Crippen molar-refractivity contribution < 1.29 is 9.53 Å². The van der Waals surface area contributed by atoms with Gasteiger partial charge >= 0.3 is 0 Å². The van der Waals surface area contributed by atoms with Gasteiger partial charge in [0.05, 0.1) is 13.7 Å². The van der Waals surface area contributed by atoms with Crippen LogP contribution in [0.25, 0.3) is 0 Å². The van der Waals surface area contributed by atoms with Gasteiger partial charge in [-0.05, 0) is 36.4 Å².